The minimum absolute atomic E-state index is 0.0344. The summed E-state index contributed by atoms with van der Waals surface area (Å²) in [6.07, 6.45) is 1.11. The molecular formula is C7H16O2S. The van der Waals surface area contributed by atoms with Crippen molar-refractivity contribution in [3.8, 4) is 0 Å². The molecule has 0 aromatic rings. The molecule has 0 bridgehead atoms. The van der Waals surface area contributed by atoms with Gasteiger partial charge in [0.05, 0.1) is 6.10 Å². The largest absolute Gasteiger partial charge is 0.396 e. The Morgan fingerprint density at radius 1 is 1.50 bits per heavy atom. The highest BCUT2D eigenvalue weighted by Crippen LogP contribution is 2.11. The molecular weight excluding hydrogens is 148 g/mol. The molecule has 0 radical (unpaired) electrons. The first-order chi connectivity index (χ1) is 4.76. The highest BCUT2D eigenvalue weighted by atomic mass is 32.1. The van der Waals surface area contributed by atoms with Crippen LogP contribution in [0.25, 0.3) is 0 Å². The van der Waals surface area contributed by atoms with Crippen LogP contribution in [0.15, 0.2) is 0 Å². The van der Waals surface area contributed by atoms with E-state index in [9.17, 15) is 5.11 Å². The number of thiol groups is 1. The molecule has 3 heteroatoms. The van der Waals surface area contributed by atoms with Crippen molar-refractivity contribution >= 4 is 12.6 Å². The van der Waals surface area contributed by atoms with Crippen molar-refractivity contribution in [2.75, 3.05) is 12.4 Å². The first-order valence-corrected chi connectivity index (χ1v) is 4.29. The Hall–Kier alpha value is 0.270. The quantitative estimate of drug-likeness (QED) is 0.523. The second kappa shape index (κ2) is 6.01. The zero-order valence-electron chi connectivity index (χ0n) is 6.32. The molecule has 2 atom stereocenters. The molecule has 0 amide bonds. The second-order valence-corrected chi connectivity index (χ2v) is 2.88. The minimum atomic E-state index is -0.382. The highest BCUT2D eigenvalue weighted by Gasteiger charge is 2.14. The molecule has 0 rings (SSSR count). The van der Waals surface area contributed by atoms with Crippen LogP contribution >= 0.6 is 12.6 Å². The SMILES string of the molecule is CCC(CO)C(O)CCS. The fourth-order valence-corrected chi connectivity index (χ4v) is 1.16. The third-order valence-electron chi connectivity index (χ3n) is 1.73. The van der Waals surface area contributed by atoms with E-state index < -0.39 is 0 Å². The van der Waals surface area contributed by atoms with Crippen molar-refractivity contribution in [3.63, 3.8) is 0 Å². The number of rotatable bonds is 5. The zero-order chi connectivity index (χ0) is 7.98. The van der Waals surface area contributed by atoms with E-state index in [1.54, 1.807) is 0 Å². The normalized spacial score (nSPS) is 16.8. The van der Waals surface area contributed by atoms with E-state index in [4.69, 9.17) is 5.11 Å². The molecule has 0 heterocycles. The van der Waals surface area contributed by atoms with E-state index >= 15 is 0 Å². The Bertz CT molecular complexity index is 74.0. The van der Waals surface area contributed by atoms with Gasteiger partial charge in [-0.15, -0.1) is 0 Å². The summed E-state index contributed by atoms with van der Waals surface area (Å²) < 4.78 is 0. The Kier molecular flexibility index (Phi) is 6.17. The second-order valence-electron chi connectivity index (χ2n) is 2.43. The van der Waals surface area contributed by atoms with Crippen LogP contribution in [-0.4, -0.2) is 28.7 Å². The van der Waals surface area contributed by atoms with Crippen molar-refractivity contribution in [3.05, 3.63) is 0 Å². The molecule has 0 aliphatic carbocycles. The molecule has 0 fully saturated rings. The number of aliphatic hydroxyl groups is 2. The van der Waals surface area contributed by atoms with Gasteiger partial charge in [0.25, 0.3) is 0 Å². The van der Waals surface area contributed by atoms with Crippen molar-refractivity contribution in [1.82, 2.24) is 0 Å². The molecule has 0 aliphatic rings. The molecule has 10 heavy (non-hydrogen) atoms. The van der Waals surface area contributed by atoms with Gasteiger partial charge in [-0.1, -0.05) is 6.92 Å². The van der Waals surface area contributed by atoms with Gasteiger partial charge in [0, 0.05) is 12.5 Å². The molecule has 0 aliphatic heterocycles. The fourth-order valence-electron chi connectivity index (χ4n) is 0.891. The summed E-state index contributed by atoms with van der Waals surface area (Å²) in [6.45, 7) is 2.04. The molecule has 2 N–H and O–H groups in total. The lowest BCUT2D eigenvalue weighted by Crippen LogP contribution is -2.23. The van der Waals surface area contributed by atoms with Gasteiger partial charge in [-0.2, -0.15) is 12.6 Å². The van der Waals surface area contributed by atoms with Crippen LogP contribution in [0.5, 0.6) is 0 Å². The molecule has 0 aromatic heterocycles. The van der Waals surface area contributed by atoms with Crippen LogP contribution < -0.4 is 0 Å². The molecule has 62 valence electrons. The van der Waals surface area contributed by atoms with Crippen molar-refractivity contribution in [2.24, 2.45) is 5.92 Å². The maximum atomic E-state index is 9.30. The predicted molar refractivity (Wildman–Crippen MR) is 45.3 cm³/mol. The molecule has 0 saturated carbocycles. The third kappa shape index (κ3) is 3.44. The molecule has 0 spiro atoms. The van der Waals surface area contributed by atoms with Gasteiger partial charge in [-0.05, 0) is 18.6 Å². The van der Waals surface area contributed by atoms with Gasteiger partial charge in [-0.25, -0.2) is 0 Å². The van der Waals surface area contributed by atoms with Gasteiger partial charge in [0.2, 0.25) is 0 Å². The van der Waals surface area contributed by atoms with Gasteiger partial charge >= 0.3 is 0 Å². The molecule has 0 saturated heterocycles. The van der Waals surface area contributed by atoms with Crippen LogP contribution in [0.3, 0.4) is 0 Å². The summed E-state index contributed by atoms with van der Waals surface area (Å²) in [7, 11) is 0. The van der Waals surface area contributed by atoms with E-state index in [-0.39, 0.29) is 18.6 Å². The average molecular weight is 164 g/mol. The molecule has 0 aromatic carbocycles. The first-order valence-electron chi connectivity index (χ1n) is 3.66. The fraction of sp³-hybridized carbons (Fsp3) is 1.00. The van der Waals surface area contributed by atoms with Gasteiger partial charge in [0.15, 0.2) is 0 Å². The summed E-state index contributed by atoms with van der Waals surface area (Å²) in [5, 5.41) is 18.0. The predicted octanol–water partition coefficient (Wildman–Crippen LogP) is 0.686. The Morgan fingerprint density at radius 3 is 2.40 bits per heavy atom. The smallest absolute Gasteiger partial charge is 0.0598 e. The summed E-state index contributed by atoms with van der Waals surface area (Å²) in [5.41, 5.74) is 0. The average Bonchev–Trinajstić information content (AvgIpc) is 1.91. The molecule has 2 unspecified atom stereocenters. The minimum Gasteiger partial charge on any atom is -0.396 e. The van der Waals surface area contributed by atoms with Crippen LogP contribution in [0.2, 0.25) is 0 Å². The van der Waals surface area contributed by atoms with Gasteiger partial charge in [0.1, 0.15) is 0 Å². The van der Waals surface area contributed by atoms with E-state index in [2.05, 4.69) is 12.6 Å². The summed E-state index contributed by atoms with van der Waals surface area (Å²) >= 11 is 3.99. The van der Waals surface area contributed by atoms with Crippen LogP contribution in [0.4, 0.5) is 0 Å². The number of aliphatic hydroxyl groups excluding tert-OH is 2. The molecule has 2 nitrogen and oxygen atoms in total. The topological polar surface area (TPSA) is 40.5 Å². The van der Waals surface area contributed by atoms with E-state index in [0.29, 0.717) is 12.2 Å². The maximum absolute atomic E-state index is 9.30. The van der Waals surface area contributed by atoms with Crippen molar-refractivity contribution in [2.45, 2.75) is 25.9 Å². The Balaban J connectivity index is 3.53. The van der Waals surface area contributed by atoms with Crippen LogP contribution in [0.1, 0.15) is 19.8 Å². The maximum Gasteiger partial charge on any atom is 0.0598 e. The Morgan fingerprint density at radius 2 is 2.10 bits per heavy atom. The highest BCUT2D eigenvalue weighted by molar-refractivity contribution is 7.80. The lowest BCUT2D eigenvalue weighted by atomic mass is 9.99. The lowest BCUT2D eigenvalue weighted by Gasteiger charge is -2.17. The van der Waals surface area contributed by atoms with E-state index in [1.165, 1.54) is 0 Å². The van der Waals surface area contributed by atoms with Gasteiger partial charge in [-0.3, -0.25) is 0 Å². The van der Waals surface area contributed by atoms with Crippen molar-refractivity contribution in [1.29, 1.82) is 0 Å². The van der Waals surface area contributed by atoms with E-state index in [0.717, 1.165) is 6.42 Å². The summed E-state index contributed by atoms with van der Waals surface area (Å²) in [4.78, 5) is 0. The summed E-state index contributed by atoms with van der Waals surface area (Å²) in [6, 6.07) is 0. The lowest BCUT2D eigenvalue weighted by molar-refractivity contribution is 0.0634. The third-order valence-corrected chi connectivity index (χ3v) is 1.99. The van der Waals surface area contributed by atoms with Crippen LogP contribution in [-0.2, 0) is 0 Å². The zero-order valence-corrected chi connectivity index (χ0v) is 7.22. The Labute approximate surface area is 67.7 Å². The number of hydrogen-bond acceptors (Lipinski definition) is 3. The van der Waals surface area contributed by atoms with E-state index in [1.807, 2.05) is 6.92 Å². The monoisotopic (exact) mass is 164 g/mol. The van der Waals surface area contributed by atoms with Crippen molar-refractivity contribution < 1.29 is 10.2 Å². The standard InChI is InChI=1S/C7H16O2S/c1-2-6(5-8)7(9)3-4-10/h6-10H,2-5H2,1H3. The first kappa shape index (κ1) is 10.3. The van der Waals surface area contributed by atoms with Gasteiger partial charge < -0.3 is 10.2 Å². The summed E-state index contributed by atoms with van der Waals surface area (Å²) in [5.74, 6) is 0.713. The number of hydrogen-bond donors (Lipinski definition) is 3. The van der Waals surface area contributed by atoms with Crippen LogP contribution in [0, 0.1) is 5.92 Å².